The van der Waals surface area contributed by atoms with E-state index in [0.29, 0.717) is 17.3 Å². The van der Waals surface area contributed by atoms with Crippen LogP contribution in [0.1, 0.15) is 38.4 Å². The van der Waals surface area contributed by atoms with Gasteiger partial charge < -0.3 is 15.3 Å². The van der Waals surface area contributed by atoms with Gasteiger partial charge in [0.1, 0.15) is 0 Å². The van der Waals surface area contributed by atoms with E-state index < -0.39 is 6.10 Å². The molecule has 0 bridgehead atoms. The Labute approximate surface area is 121 Å². The van der Waals surface area contributed by atoms with Crippen molar-refractivity contribution in [2.24, 2.45) is 0 Å². The van der Waals surface area contributed by atoms with E-state index in [1.807, 2.05) is 19.2 Å². The van der Waals surface area contributed by atoms with Gasteiger partial charge in [0.2, 0.25) is 0 Å². The number of aliphatic hydroxyl groups is 1. The van der Waals surface area contributed by atoms with Crippen molar-refractivity contribution in [1.82, 2.24) is 0 Å². The van der Waals surface area contributed by atoms with Gasteiger partial charge >= 0.3 is 0 Å². The lowest BCUT2D eigenvalue weighted by Crippen LogP contribution is -2.28. The number of rotatable bonds is 4. The lowest BCUT2D eigenvalue weighted by molar-refractivity contribution is -0.123. The molecule has 19 heavy (non-hydrogen) atoms. The Morgan fingerprint density at radius 1 is 1.53 bits per heavy atom. The number of anilines is 2. The first-order valence-electron chi connectivity index (χ1n) is 6.51. The van der Waals surface area contributed by atoms with Gasteiger partial charge in [0.05, 0.1) is 5.69 Å². The second kappa shape index (κ2) is 5.51. The standard InChI is InChI=1S/C14H19BrN2O2/c1-4-5-8(2)17(3)12-7-11-9(6-10(12)15)13(18)14(19)16-11/h6-8,13,18H,4-5H2,1-3H3,(H,16,19). The molecule has 0 spiro atoms. The van der Waals surface area contributed by atoms with Crippen molar-refractivity contribution < 1.29 is 9.90 Å². The molecule has 0 radical (unpaired) electrons. The zero-order chi connectivity index (χ0) is 14.2. The molecule has 1 aliphatic heterocycles. The predicted octanol–water partition coefficient (Wildman–Crippen LogP) is 3.06. The van der Waals surface area contributed by atoms with Crippen LogP contribution in [0.25, 0.3) is 0 Å². The van der Waals surface area contributed by atoms with Crippen molar-refractivity contribution in [3.8, 4) is 0 Å². The molecular formula is C14H19BrN2O2. The first-order chi connectivity index (χ1) is 8.95. The molecule has 1 aromatic carbocycles. The number of carbonyl (C=O) groups excluding carboxylic acids is 1. The average Bonchev–Trinajstić information content (AvgIpc) is 2.64. The summed E-state index contributed by atoms with van der Waals surface area (Å²) in [5.41, 5.74) is 2.36. The van der Waals surface area contributed by atoms with E-state index in [2.05, 4.69) is 40.0 Å². The van der Waals surface area contributed by atoms with Crippen molar-refractivity contribution in [2.75, 3.05) is 17.3 Å². The number of nitrogens with zero attached hydrogens (tertiary/aromatic N) is 1. The summed E-state index contributed by atoms with van der Waals surface area (Å²) in [5, 5.41) is 12.5. The molecule has 5 heteroatoms. The van der Waals surface area contributed by atoms with Crippen LogP contribution in [0.5, 0.6) is 0 Å². The minimum Gasteiger partial charge on any atom is -0.378 e. The average molecular weight is 327 g/mol. The Balaban J connectivity index is 2.34. The molecule has 0 saturated carbocycles. The number of hydrogen-bond acceptors (Lipinski definition) is 3. The molecule has 2 unspecified atom stereocenters. The van der Waals surface area contributed by atoms with E-state index in [1.54, 1.807) is 0 Å². The van der Waals surface area contributed by atoms with E-state index in [-0.39, 0.29) is 5.91 Å². The van der Waals surface area contributed by atoms with Crippen molar-refractivity contribution in [3.05, 3.63) is 22.2 Å². The van der Waals surface area contributed by atoms with Gasteiger partial charge in [0, 0.05) is 28.8 Å². The monoisotopic (exact) mass is 326 g/mol. The summed E-state index contributed by atoms with van der Waals surface area (Å²) < 4.78 is 0.896. The summed E-state index contributed by atoms with van der Waals surface area (Å²) >= 11 is 3.53. The predicted molar refractivity (Wildman–Crippen MR) is 80.5 cm³/mol. The minimum absolute atomic E-state index is 0.358. The van der Waals surface area contributed by atoms with E-state index in [4.69, 9.17) is 0 Å². The fraction of sp³-hybridized carbons (Fsp3) is 0.500. The van der Waals surface area contributed by atoms with Crippen LogP contribution in [0.4, 0.5) is 11.4 Å². The molecule has 0 aliphatic carbocycles. The number of nitrogens with one attached hydrogen (secondary N) is 1. The lowest BCUT2D eigenvalue weighted by Gasteiger charge is -2.28. The Hall–Kier alpha value is -1.07. The third-order valence-corrected chi connectivity index (χ3v) is 4.30. The van der Waals surface area contributed by atoms with Crippen molar-refractivity contribution in [1.29, 1.82) is 0 Å². The minimum atomic E-state index is -1.06. The summed E-state index contributed by atoms with van der Waals surface area (Å²) in [6, 6.07) is 4.16. The SMILES string of the molecule is CCCC(C)N(C)c1cc2c(cc1Br)C(O)C(=O)N2. The molecule has 1 aromatic rings. The molecule has 2 rings (SSSR count). The van der Waals surface area contributed by atoms with Gasteiger partial charge in [-0.2, -0.15) is 0 Å². The fourth-order valence-electron chi connectivity index (χ4n) is 2.37. The highest BCUT2D eigenvalue weighted by atomic mass is 79.9. The van der Waals surface area contributed by atoms with Crippen LogP contribution in [0.3, 0.4) is 0 Å². The summed E-state index contributed by atoms with van der Waals surface area (Å²) in [5.74, 6) is -0.358. The summed E-state index contributed by atoms with van der Waals surface area (Å²) in [6.45, 7) is 4.34. The van der Waals surface area contributed by atoms with Gasteiger partial charge in [-0.05, 0) is 41.4 Å². The molecule has 2 N–H and O–H groups in total. The van der Waals surface area contributed by atoms with E-state index in [0.717, 1.165) is 23.0 Å². The molecule has 4 nitrogen and oxygen atoms in total. The van der Waals surface area contributed by atoms with Gasteiger partial charge in [0.25, 0.3) is 5.91 Å². The number of carbonyl (C=O) groups is 1. The van der Waals surface area contributed by atoms with Gasteiger partial charge in [0.15, 0.2) is 6.10 Å². The normalized spacial score (nSPS) is 19.0. The van der Waals surface area contributed by atoms with Crippen LogP contribution in [0, 0.1) is 0 Å². The van der Waals surface area contributed by atoms with Gasteiger partial charge in [-0.1, -0.05) is 13.3 Å². The van der Waals surface area contributed by atoms with Gasteiger partial charge in [-0.15, -0.1) is 0 Å². The van der Waals surface area contributed by atoms with Crippen molar-refractivity contribution in [2.45, 2.75) is 38.8 Å². The summed E-state index contributed by atoms with van der Waals surface area (Å²) in [4.78, 5) is 13.7. The van der Waals surface area contributed by atoms with Crippen molar-refractivity contribution >= 4 is 33.2 Å². The Bertz CT molecular complexity index is 504. The Morgan fingerprint density at radius 2 is 2.21 bits per heavy atom. The molecule has 0 saturated heterocycles. The number of hydrogen-bond donors (Lipinski definition) is 2. The third kappa shape index (κ3) is 2.62. The number of aliphatic hydroxyl groups excluding tert-OH is 1. The molecule has 1 amide bonds. The number of halogens is 1. The van der Waals surface area contributed by atoms with Crippen LogP contribution < -0.4 is 10.2 Å². The number of amides is 1. The van der Waals surface area contributed by atoms with Crippen LogP contribution in [-0.2, 0) is 4.79 Å². The summed E-state index contributed by atoms with van der Waals surface area (Å²) in [6.07, 6.45) is 1.18. The highest BCUT2D eigenvalue weighted by Crippen LogP contribution is 2.39. The zero-order valence-corrected chi connectivity index (χ0v) is 13.0. The fourth-order valence-corrected chi connectivity index (χ4v) is 3.01. The van der Waals surface area contributed by atoms with Crippen LogP contribution >= 0.6 is 15.9 Å². The molecule has 0 aromatic heterocycles. The maximum absolute atomic E-state index is 11.5. The molecule has 1 aliphatic rings. The lowest BCUT2D eigenvalue weighted by atomic mass is 10.1. The molecule has 104 valence electrons. The Kier molecular flexibility index (Phi) is 4.16. The third-order valence-electron chi connectivity index (χ3n) is 3.67. The molecule has 0 fully saturated rings. The topological polar surface area (TPSA) is 52.6 Å². The molecule has 2 atom stereocenters. The first kappa shape index (κ1) is 14.3. The second-order valence-electron chi connectivity index (χ2n) is 5.03. The zero-order valence-electron chi connectivity index (χ0n) is 11.4. The highest BCUT2D eigenvalue weighted by Gasteiger charge is 2.30. The first-order valence-corrected chi connectivity index (χ1v) is 7.30. The van der Waals surface area contributed by atoms with Gasteiger partial charge in [-0.3, -0.25) is 4.79 Å². The van der Waals surface area contributed by atoms with Crippen LogP contribution in [0.2, 0.25) is 0 Å². The van der Waals surface area contributed by atoms with Gasteiger partial charge in [-0.25, -0.2) is 0 Å². The molecular weight excluding hydrogens is 308 g/mol. The number of fused-ring (bicyclic) bond motifs is 1. The highest BCUT2D eigenvalue weighted by molar-refractivity contribution is 9.10. The van der Waals surface area contributed by atoms with Crippen LogP contribution in [0.15, 0.2) is 16.6 Å². The number of benzene rings is 1. The van der Waals surface area contributed by atoms with E-state index in [9.17, 15) is 9.90 Å². The largest absolute Gasteiger partial charge is 0.378 e. The molecule has 1 heterocycles. The smallest absolute Gasteiger partial charge is 0.257 e. The van der Waals surface area contributed by atoms with Crippen LogP contribution in [-0.4, -0.2) is 24.1 Å². The quantitative estimate of drug-likeness (QED) is 0.894. The maximum atomic E-state index is 11.5. The van der Waals surface area contributed by atoms with Crippen molar-refractivity contribution in [3.63, 3.8) is 0 Å². The maximum Gasteiger partial charge on any atom is 0.257 e. The second-order valence-corrected chi connectivity index (χ2v) is 5.89. The van der Waals surface area contributed by atoms with E-state index in [1.165, 1.54) is 0 Å². The Morgan fingerprint density at radius 3 is 2.84 bits per heavy atom. The summed E-state index contributed by atoms with van der Waals surface area (Å²) in [7, 11) is 2.04. The van der Waals surface area contributed by atoms with E-state index >= 15 is 0 Å².